The van der Waals surface area contributed by atoms with Crippen LogP contribution in [0.25, 0.3) is 22.3 Å². The van der Waals surface area contributed by atoms with Crippen LogP contribution in [-0.2, 0) is 73.4 Å². The first-order valence-corrected chi connectivity index (χ1v) is 80.4. The van der Waals surface area contributed by atoms with Crippen LogP contribution in [0.15, 0.2) is 165 Å². The molecule has 6 aromatic carbocycles. The summed E-state index contributed by atoms with van der Waals surface area (Å²) in [4.78, 5) is 6.45. The van der Waals surface area contributed by atoms with E-state index in [0.717, 1.165) is 149 Å². The van der Waals surface area contributed by atoms with E-state index in [1.54, 1.807) is 53.0 Å². The number of allylic oxidation sites excluding steroid dienone is 8. The van der Waals surface area contributed by atoms with E-state index >= 15 is 0 Å². The standard InChI is InChI=1S/C41H60SSi.C37H52SSi.C32H40S2Si.6CH3.6ClH.3Zr/c1-25-23-34-32(28-15-19-30(20-16-28)40(4,5)6)13-12-14-33(34)38(25)43(10,11)39-26(2)24-35-36(27(3)42-37(35)39)29-17-21-31(22-18-29)41(7,8)9;1-21-13-22(2)16-28(15-21)30-11-10-12-31-32(30)19-25(5)36(31)39(8,9)37-26(6)20-33-34(27(7)38-35(33)37)29-17-23(3)14-24(4)18-29;1-19-17-25-27(23-13-9-7-10-14-23)21(3)33-29(25)31(19)35(5,6)32-20(2)18-26-28(22(4)34-30(26)32)24-15-11-8-12-16-24;;;;;;;;;;;;;;;/h15-22,25-26,32-35,37-39H,12-14,23-24H2,1-11H3;13-18,25-26,30-33,35-37H,10-12,19-20H2,1-9H3;7-16,19-20,25-26,29-32H,17-18H2,1-6H3;6*1H3;6*1H;;;/q;;;6*-1;;;;;;;3*+4/p-6. The molecule has 26 unspecified atom stereocenters. The summed E-state index contributed by atoms with van der Waals surface area (Å²) in [6, 6.07) is 56.9. The van der Waals surface area contributed by atoms with Gasteiger partial charge in [0.25, 0.3) is 0 Å². The fourth-order valence-electron chi connectivity index (χ4n) is 31.4. The van der Waals surface area contributed by atoms with Crippen LogP contribution in [0.1, 0.15) is 266 Å². The van der Waals surface area contributed by atoms with Gasteiger partial charge >= 0.3 is 114 Å². The van der Waals surface area contributed by atoms with Crippen molar-refractivity contribution < 1.29 is 62.5 Å². The Morgan fingerprint density at radius 3 is 0.826 bits per heavy atom. The van der Waals surface area contributed by atoms with E-state index in [4.69, 9.17) is 51.1 Å². The van der Waals surface area contributed by atoms with Gasteiger partial charge in [-0.1, -0.05) is 316 Å². The number of hydrogen-bond acceptors (Lipinski definition) is 4. The third kappa shape index (κ3) is 25.0. The van der Waals surface area contributed by atoms with E-state index in [1.807, 2.05) is 0 Å². The zero-order valence-corrected chi connectivity index (χ0v) is 105. The average Bonchev–Trinajstić information content (AvgIpc) is 1.56. The Morgan fingerprint density at radius 2 is 0.530 bits per heavy atom. The summed E-state index contributed by atoms with van der Waals surface area (Å²) in [7, 11) is 25.0. The third-order valence-electron chi connectivity index (χ3n) is 34.7. The quantitative estimate of drug-likeness (QED) is 0.0884. The van der Waals surface area contributed by atoms with E-state index in [-0.39, 0.29) is 55.4 Å². The molecule has 16 heteroatoms. The monoisotopic (exact) mass is 2250 g/mol. The Morgan fingerprint density at radius 1 is 0.280 bits per heavy atom. The zero-order valence-electron chi connectivity index (χ0n) is 87.3. The van der Waals surface area contributed by atoms with Gasteiger partial charge in [0, 0.05) is 21.0 Å². The molecule has 0 saturated heterocycles. The molecule has 8 saturated carbocycles. The second kappa shape index (κ2) is 50.2. The second-order valence-corrected chi connectivity index (χ2v) is 77.4. The molecule has 12 aliphatic rings. The molecule has 4 heterocycles. The van der Waals surface area contributed by atoms with Crippen molar-refractivity contribution in [3.05, 3.63) is 277 Å². The number of rotatable bonds is 12. The minimum atomic E-state index is -1.56. The molecule has 6 aromatic rings. The van der Waals surface area contributed by atoms with Gasteiger partial charge in [0.2, 0.25) is 0 Å². The van der Waals surface area contributed by atoms with Crippen LogP contribution in [-0.4, -0.2) is 45.2 Å². The molecule has 0 amide bonds. The average molecular weight is 2260 g/mol. The molecule has 8 aliphatic carbocycles. The van der Waals surface area contributed by atoms with Crippen LogP contribution < -0.4 is 0 Å². The first-order chi connectivity index (χ1) is 59.6. The Bertz CT molecular complexity index is 4700. The fraction of sp³-hybridized carbons (Fsp3) is 0.569. The van der Waals surface area contributed by atoms with Gasteiger partial charge in [-0.05, 0) is 332 Å². The Balaban J connectivity index is 0.000000254. The van der Waals surface area contributed by atoms with Crippen LogP contribution in [0.2, 0.25) is 72.5 Å². The summed E-state index contributed by atoms with van der Waals surface area (Å²) in [5, 5.41) is 3.19. The molecule has 724 valence electrons. The number of aryl methyl sites for hydroxylation is 4. The summed E-state index contributed by atoms with van der Waals surface area (Å²) in [6.45, 7) is 65.7. The maximum atomic E-state index is 4.93. The van der Waals surface area contributed by atoms with E-state index in [1.165, 1.54) is 133 Å². The van der Waals surface area contributed by atoms with Gasteiger partial charge in [0.15, 0.2) is 0 Å². The zero-order chi connectivity index (χ0) is 91.5. The van der Waals surface area contributed by atoms with E-state index in [9.17, 15) is 0 Å². The maximum absolute atomic E-state index is 4.93. The molecule has 0 radical (unpaired) electrons. The summed E-state index contributed by atoms with van der Waals surface area (Å²) in [5.41, 5.74) is 30.7. The molecule has 0 aromatic heterocycles. The van der Waals surface area contributed by atoms with E-state index < -0.39 is 86.8 Å². The van der Waals surface area contributed by atoms with Crippen LogP contribution in [0, 0.1) is 155 Å². The molecule has 8 fully saturated rings. The van der Waals surface area contributed by atoms with Crippen molar-refractivity contribution in [1.29, 1.82) is 0 Å². The molecule has 26 atom stereocenters. The van der Waals surface area contributed by atoms with Gasteiger partial charge in [-0.25, -0.2) is 0 Å². The van der Waals surface area contributed by atoms with Crippen molar-refractivity contribution in [2.24, 2.45) is 82.9 Å². The minimum absolute atomic E-state index is 0. The topological polar surface area (TPSA) is 0 Å². The summed E-state index contributed by atoms with van der Waals surface area (Å²) in [6.07, 6.45) is 17.1. The number of fused-ring (bicyclic) bond motifs is 6. The van der Waals surface area contributed by atoms with Crippen LogP contribution in [0.3, 0.4) is 0 Å². The van der Waals surface area contributed by atoms with Crippen molar-refractivity contribution in [1.82, 2.24) is 0 Å². The number of benzene rings is 6. The summed E-state index contributed by atoms with van der Waals surface area (Å²) >= 11 is 6.63. The van der Waals surface area contributed by atoms with E-state index in [0.29, 0.717) is 0 Å². The van der Waals surface area contributed by atoms with Gasteiger partial charge in [-0.3, -0.25) is 0 Å². The van der Waals surface area contributed by atoms with Gasteiger partial charge in [0.1, 0.15) is 0 Å². The predicted molar refractivity (Wildman–Crippen MR) is 603 cm³/mol. The van der Waals surface area contributed by atoms with Crippen molar-refractivity contribution in [2.75, 3.05) is 0 Å². The van der Waals surface area contributed by atoms with Crippen LogP contribution >= 0.6 is 98.1 Å². The van der Waals surface area contributed by atoms with Gasteiger partial charge in [-0.2, -0.15) is 0 Å². The van der Waals surface area contributed by atoms with Crippen LogP contribution in [0.5, 0.6) is 0 Å². The first kappa shape index (κ1) is 120. The molecule has 0 N–H and O–H groups in total. The molecule has 0 spiro atoms. The molecule has 132 heavy (non-hydrogen) atoms. The fourth-order valence-corrected chi connectivity index (χ4v) is 61.2. The number of thioether (sulfide) groups is 4. The molecular formula is C116H170Cl6S4Si3Zr3. The molecule has 4 aliphatic heterocycles. The number of halogens is 6. The number of hydrogen-bond donors (Lipinski definition) is 0. The first-order valence-electron chi connectivity index (χ1n) is 48.4. The molecule has 0 nitrogen and oxygen atoms in total. The van der Waals surface area contributed by atoms with Gasteiger partial charge in [-0.15, -0.1) is 47.0 Å². The normalized spacial score (nSPS) is 32.1. The summed E-state index contributed by atoms with van der Waals surface area (Å²) in [5.74, 6) is 13.4. The van der Waals surface area contributed by atoms with Crippen molar-refractivity contribution >= 4 is 145 Å². The third-order valence-corrected chi connectivity index (χ3v) is 57.5. The Kier molecular flexibility index (Phi) is 45.5. The summed E-state index contributed by atoms with van der Waals surface area (Å²) < 4.78 is 0. The van der Waals surface area contributed by atoms with Crippen molar-refractivity contribution in [3.63, 3.8) is 0 Å². The Hall–Kier alpha value is 0.720. The van der Waals surface area contributed by atoms with Crippen LogP contribution in [0.4, 0.5) is 0 Å². The molecule has 0 bridgehead atoms. The van der Waals surface area contributed by atoms with Crippen molar-refractivity contribution in [3.8, 4) is 0 Å². The predicted octanol–water partition coefficient (Wildman–Crippen LogP) is 40.3. The SMILES string of the molecule is CC1=C(c2cc(C)cc(C)c2)C2CC(C)C([Si](C)(C)C3C(C)CC4C(c5cc(C)cc(C)c5)CCCC43)C2S1.CC1=C(c2ccc(C(C)(C)C)cc2)C2CC(C)C([Si](C)(C)C3C(C)CC4C(c5ccc(C(C)(C)C)cc5)CCCC43)C2S1.CC1=C(c2ccccc2)C2CC(C)C([Si](C)(C)C3C(C)CC4C(c5ccccc5)=C(C)SC43)C2S1.[CH3-].[CH3-].[CH3-].[CH3-].[CH3-].[CH3-].[Cl][Zr+2][Cl].[Cl][Zr+2][Cl].[Cl][Zr+2][Cl]. The van der Waals surface area contributed by atoms with Crippen molar-refractivity contribution in [2.45, 2.75) is 332 Å². The molecular weight excluding hydrogens is 2090 g/mol. The Labute approximate surface area is 887 Å². The van der Waals surface area contributed by atoms with Gasteiger partial charge in [0.05, 0.1) is 24.2 Å². The van der Waals surface area contributed by atoms with E-state index in [2.05, 4.69) is 370 Å². The second-order valence-electron chi connectivity index (χ2n) is 45.7. The molecule has 18 rings (SSSR count). The van der Waals surface area contributed by atoms with Gasteiger partial charge < -0.3 is 44.6 Å².